The van der Waals surface area contributed by atoms with Crippen molar-refractivity contribution >= 4 is 17.6 Å². The molecule has 2 heterocycles. The van der Waals surface area contributed by atoms with Gasteiger partial charge in [-0.1, -0.05) is 25.4 Å². The number of carbonyl (C=O) groups is 1. The normalized spacial score (nSPS) is 10.4. The van der Waals surface area contributed by atoms with Crippen molar-refractivity contribution < 1.29 is 23.4 Å². The summed E-state index contributed by atoms with van der Waals surface area (Å²) in [6.07, 6.45) is 2.83. The van der Waals surface area contributed by atoms with E-state index >= 15 is 0 Å². The van der Waals surface area contributed by atoms with Crippen LogP contribution in [0.2, 0.25) is 5.02 Å². The first-order chi connectivity index (χ1) is 16.3. The minimum atomic E-state index is -1.08. The van der Waals surface area contributed by atoms with Crippen LogP contribution in [-0.4, -0.2) is 20.6 Å². The number of carboxylic acid groups (broad SMARTS) is 1. The molecule has 0 fully saturated rings. The number of aromatic nitrogens is 2. The summed E-state index contributed by atoms with van der Waals surface area (Å²) in [6, 6.07) is 13.6. The molecule has 0 saturated heterocycles. The van der Waals surface area contributed by atoms with Gasteiger partial charge in [0, 0.05) is 34.1 Å². The van der Waals surface area contributed by atoms with Crippen LogP contribution < -0.4 is 4.74 Å². The summed E-state index contributed by atoms with van der Waals surface area (Å²) in [5, 5.41) is 9.78. The molecule has 0 aliphatic carbocycles. The summed E-state index contributed by atoms with van der Waals surface area (Å²) < 4.78 is 34.9. The highest BCUT2D eigenvalue weighted by molar-refractivity contribution is 6.31. The van der Waals surface area contributed by atoms with Crippen LogP contribution in [0.1, 0.15) is 35.5 Å². The third kappa shape index (κ3) is 5.43. The maximum atomic E-state index is 14.0. The summed E-state index contributed by atoms with van der Waals surface area (Å²) in [4.78, 5) is 15.4. The van der Waals surface area contributed by atoms with Gasteiger partial charge in [-0.15, -0.1) is 0 Å². The lowest BCUT2D eigenvalue weighted by Crippen LogP contribution is -2.05. The van der Waals surface area contributed by atoms with Gasteiger partial charge in [0.05, 0.1) is 23.1 Å². The number of ether oxygens (including phenoxy) is 1. The molecule has 4 aromatic rings. The van der Waals surface area contributed by atoms with Crippen LogP contribution in [0, 0.1) is 18.6 Å². The Hall–Kier alpha value is -3.71. The molecule has 0 bridgehead atoms. The first-order valence-electron chi connectivity index (χ1n) is 10.6. The summed E-state index contributed by atoms with van der Waals surface area (Å²) in [5.41, 5.74) is 2.95. The van der Waals surface area contributed by atoms with Crippen molar-refractivity contribution in [1.29, 1.82) is 0 Å². The zero-order valence-corrected chi connectivity index (χ0v) is 19.6. The molecule has 8 heteroatoms. The maximum Gasteiger partial charge on any atom is 0.337 e. The molecule has 34 heavy (non-hydrogen) atoms. The fourth-order valence-electron chi connectivity index (χ4n) is 3.38. The Balaban J connectivity index is 0.00000158. The predicted octanol–water partition coefficient (Wildman–Crippen LogP) is 7.08. The number of aromatic carboxylic acids is 1. The third-order valence-corrected chi connectivity index (χ3v) is 5.16. The van der Waals surface area contributed by atoms with Crippen molar-refractivity contribution in [3.8, 4) is 22.7 Å². The Labute approximate surface area is 201 Å². The van der Waals surface area contributed by atoms with Crippen LogP contribution in [0.25, 0.3) is 16.9 Å². The van der Waals surface area contributed by atoms with Gasteiger partial charge in [0.2, 0.25) is 0 Å². The molecule has 176 valence electrons. The van der Waals surface area contributed by atoms with E-state index in [2.05, 4.69) is 4.98 Å². The topological polar surface area (TPSA) is 64.4 Å². The lowest BCUT2D eigenvalue weighted by molar-refractivity contribution is 0.0696. The van der Waals surface area contributed by atoms with Gasteiger partial charge in [0.1, 0.15) is 24.0 Å². The van der Waals surface area contributed by atoms with Crippen LogP contribution in [-0.2, 0) is 6.61 Å². The minimum Gasteiger partial charge on any atom is -0.488 e. The van der Waals surface area contributed by atoms with E-state index in [0.29, 0.717) is 27.7 Å². The number of carboxylic acids is 1. The first kappa shape index (κ1) is 24.9. The number of nitrogens with zero attached hydrogens (tertiary/aromatic N) is 2. The van der Waals surface area contributed by atoms with Crippen LogP contribution in [0.4, 0.5) is 8.78 Å². The quantitative estimate of drug-likeness (QED) is 0.317. The standard InChI is InChI=1S/C24H17ClF2N2O3.C2H6/c1-14-2-6-22(29(14)19-8-16(24(30)31)11-28-12-19)20-9-17(25)4-7-23(20)32-13-15-3-5-18(26)10-21(15)27;1-2/h2-12H,13H2,1H3,(H,30,31);1-2H3. The number of rotatable bonds is 6. The molecule has 5 nitrogen and oxygen atoms in total. The molecular formula is C26H23ClF2N2O3. The third-order valence-electron chi connectivity index (χ3n) is 4.92. The van der Waals surface area contributed by atoms with Crippen molar-refractivity contribution in [2.45, 2.75) is 27.4 Å². The van der Waals surface area contributed by atoms with Gasteiger partial charge in [0.15, 0.2) is 0 Å². The van der Waals surface area contributed by atoms with Gasteiger partial charge in [-0.05, 0) is 55.5 Å². The molecule has 0 spiro atoms. The highest BCUT2D eigenvalue weighted by Gasteiger charge is 2.17. The number of hydrogen-bond donors (Lipinski definition) is 1. The molecular weight excluding hydrogens is 462 g/mol. The Bertz CT molecular complexity index is 1320. The van der Waals surface area contributed by atoms with Crippen LogP contribution in [0.15, 0.2) is 67.0 Å². The van der Waals surface area contributed by atoms with Gasteiger partial charge >= 0.3 is 5.97 Å². The molecule has 0 radical (unpaired) electrons. The van der Waals surface area contributed by atoms with Crippen molar-refractivity contribution in [1.82, 2.24) is 9.55 Å². The molecule has 0 atom stereocenters. The monoisotopic (exact) mass is 484 g/mol. The maximum absolute atomic E-state index is 14.0. The molecule has 4 rings (SSSR count). The SMILES string of the molecule is CC.Cc1ccc(-c2cc(Cl)ccc2OCc2ccc(F)cc2F)n1-c1cncc(C(=O)O)c1. The number of aryl methyl sites for hydroxylation is 1. The summed E-state index contributed by atoms with van der Waals surface area (Å²) in [6.45, 7) is 5.76. The lowest BCUT2D eigenvalue weighted by atomic mass is 10.1. The van der Waals surface area contributed by atoms with Crippen molar-refractivity contribution in [2.24, 2.45) is 0 Å². The average molecular weight is 485 g/mol. The van der Waals surface area contributed by atoms with E-state index < -0.39 is 17.6 Å². The second-order valence-electron chi connectivity index (χ2n) is 7.10. The van der Waals surface area contributed by atoms with Crippen molar-refractivity contribution in [2.75, 3.05) is 0 Å². The largest absolute Gasteiger partial charge is 0.488 e. The summed E-state index contributed by atoms with van der Waals surface area (Å²) in [5.74, 6) is -2.01. The van der Waals surface area contributed by atoms with Gasteiger partial charge in [0.25, 0.3) is 0 Å². The smallest absolute Gasteiger partial charge is 0.337 e. The van der Waals surface area contributed by atoms with E-state index in [0.717, 1.165) is 11.8 Å². The molecule has 0 unspecified atom stereocenters. The van der Waals surface area contributed by atoms with Gasteiger partial charge < -0.3 is 14.4 Å². The highest BCUT2D eigenvalue weighted by atomic mass is 35.5. The summed E-state index contributed by atoms with van der Waals surface area (Å²) >= 11 is 6.24. The lowest BCUT2D eigenvalue weighted by Gasteiger charge is -2.16. The Morgan fingerprint density at radius 3 is 2.53 bits per heavy atom. The first-order valence-corrected chi connectivity index (χ1v) is 10.9. The van der Waals surface area contributed by atoms with Gasteiger partial charge in [-0.3, -0.25) is 4.98 Å². The summed E-state index contributed by atoms with van der Waals surface area (Å²) in [7, 11) is 0. The number of hydrogen-bond acceptors (Lipinski definition) is 3. The van der Waals surface area contributed by atoms with E-state index in [9.17, 15) is 18.7 Å². The molecule has 2 aromatic heterocycles. The Morgan fingerprint density at radius 1 is 1.06 bits per heavy atom. The van der Waals surface area contributed by atoms with E-state index in [1.807, 2.05) is 37.5 Å². The predicted molar refractivity (Wildman–Crippen MR) is 128 cm³/mol. The van der Waals surface area contributed by atoms with E-state index in [1.54, 1.807) is 24.4 Å². The van der Waals surface area contributed by atoms with E-state index in [-0.39, 0.29) is 17.7 Å². The number of pyridine rings is 1. The molecule has 0 saturated carbocycles. The highest BCUT2D eigenvalue weighted by Crippen LogP contribution is 2.36. The molecule has 1 N–H and O–H groups in total. The zero-order chi connectivity index (χ0) is 24.8. The van der Waals surface area contributed by atoms with Crippen LogP contribution in [0.5, 0.6) is 5.75 Å². The fraction of sp³-hybridized carbons (Fsp3) is 0.154. The average Bonchev–Trinajstić information content (AvgIpc) is 3.21. The van der Waals surface area contributed by atoms with E-state index in [1.165, 1.54) is 24.4 Å². The fourth-order valence-corrected chi connectivity index (χ4v) is 3.55. The molecule has 0 aliphatic heterocycles. The van der Waals surface area contributed by atoms with Crippen molar-refractivity contribution in [3.63, 3.8) is 0 Å². The van der Waals surface area contributed by atoms with Crippen LogP contribution >= 0.6 is 11.6 Å². The second-order valence-corrected chi connectivity index (χ2v) is 7.53. The molecule has 0 amide bonds. The van der Waals surface area contributed by atoms with Gasteiger partial charge in [-0.25, -0.2) is 13.6 Å². The van der Waals surface area contributed by atoms with Gasteiger partial charge in [-0.2, -0.15) is 0 Å². The molecule has 0 aliphatic rings. The van der Waals surface area contributed by atoms with Crippen LogP contribution in [0.3, 0.4) is 0 Å². The number of halogens is 3. The Kier molecular flexibility index (Phi) is 8.02. The Morgan fingerprint density at radius 2 is 1.82 bits per heavy atom. The minimum absolute atomic E-state index is 0.0518. The second kappa shape index (κ2) is 10.9. The molecule has 2 aromatic carbocycles. The number of benzene rings is 2. The van der Waals surface area contributed by atoms with Crippen molar-refractivity contribution in [3.05, 3.63) is 100 Å². The zero-order valence-electron chi connectivity index (χ0n) is 18.8. The van der Waals surface area contributed by atoms with E-state index in [4.69, 9.17) is 16.3 Å².